The predicted octanol–water partition coefficient (Wildman–Crippen LogP) is 0.259. The maximum Gasteiger partial charge on any atom is 0.126 e. The molecule has 0 spiro atoms. The number of hydrogen-bond donors (Lipinski definition) is 2. The number of nitrogens with one attached hydrogen (secondary N) is 2. The summed E-state index contributed by atoms with van der Waals surface area (Å²) in [7, 11) is 1.83. The molecule has 0 fully saturated rings. The topological polar surface area (TPSA) is 33.3 Å². The zero-order chi connectivity index (χ0) is 7.11. The molecule has 0 aliphatic rings. The lowest BCUT2D eigenvalue weighted by molar-refractivity contribution is -0.0228. The maximum absolute atomic E-state index is 5.00. The smallest absolute Gasteiger partial charge is 0.126 e. The maximum atomic E-state index is 5.00. The molecule has 0 saturated carbocycles. The SMILES string of the molecule is C=CCNOC(C)NC. The van der Waals surface area contributed by atoms with Gasteiger partial charge in [0.25, 0.3) is 0 Å². The summed E-state index contributed by atoms with van der Waals surface area (Å²) in [5.74, 6) is 0. The third kappa shape index (κ3) is 5.49. The monoisotopic (exact) mass is 130 g/mol. The van der Waals surface area contributed by atoms with E-state index in [0.29, 0.717) is 6.54 Å². The lowest BCUT2D eigenvalue weighted by Gasteiger charge is -2.09. The van der Waals surface area contributed by atoms with Crippen molar-refractivity contribution in [1.29, 1.82) is 0 Å². The lowest BCUT2D eigenvalue weighted by atomic mass is 10.6. The highest BCUT2D eigenvalue weighted by Crippen LogP contribution is 1.76. The molecular formula is C6H14N2O. The molecule has 54 valence electrons. The van der Waals surface area contributed by atoms with E-state index in [4.69, 9.17) is 4.84 Å². The van der Waals surface area contributed by atoms with Gasteiger partial charge in [-0.05, 0) is 14.0 Å². The average molecular weight is 130 g/mol. The van der Waals surface area contributed by atoms with Crippen LogP contribution in [0.4, 0.5) is 0 Å². The first-order valence-corrected chi connectivity index (χ1v) is 2.98. The first kappa shape index (κ1) is 8.62. The summed E-state index contributed by atoms with van der Waals surface area (Å²) >= 11 is 0. The van der Waals surface area contributed by atoms with Crippen molar-refractivity contribution >= 4 is 0 Å². The minimum atomic E-state index is 0.0462. The van der Waals surface area contributed by atoms with E-state index in [0.717, 1.165) is 0 Å². The van der Waals surface area contributed by atoms with Crippen LogP contribution in [-0.4, -0.2) is 19.8 Å². The normalized spacial score (nSPS) is 13.1. The Hall–Kier alpha value is -0.380. The Morgan fingerprint density at radius 1 is 1.78 bits per heavy atom. The summed E-state index contributed by atoms with van der Waals surface area (Å²) in [6.45, 7) is 6.11. The number of hydroxylamine groups is 1. The summed E-state index contributed by atoms with van der Waals surface area (Å²) in [5.41, 5.74) is 2.71. The van der Waals surface area contributed by atoms with E-state index < -0.39 is 0 Å². The van der Waals surface area contributed by atoms with Crippen LogP contribution in [-0.2, 0) is 4.84 Å². The fraction of sp³-hybridized carbons (Fsp3) is 0.667. The second kappa shape index (κ2) is 5.75. The first-order valence-electron chi connectivity index (χ1n) is 2.98. The molecule has 1 unspecified atom stereocenters. The predicted molar refractivity (Wildman–Crippen MR) is 37.8 cm³/mol. The van der Waals surface area contributed by atoms with Crippen molar-refractivity contribution in [3.05, 3.63) is 12.7 Å². The Morgan fingerprint density at radius 2 is 2.44 bits per heavy atom. The van der Waals surface area contributed by atoms with Gasteiger partial charge in [0, 0.05) is 6.54 Å². The van der Waals surface area contributed by atoms with Crippen molar-refractivity contribution in [2.24, 2.45) is 0 Å². The Kier molecular flexibility index (Phi) is 5.51. The van der Waals surface area contributed by atoms with Gasteiger partial charge in [-0.3, -0.25) is 10.2 Å². The molecule has 0 aromatic carbocycles. The minimum Gasteiger partial charge on any atom is -0.294 e. The Morgan fingerprint density at radius 3 is 2.89 bits per heavy atom. The molecule has 0 aliphatic heterocycles. The second-order valence-electron chi connectivity index (χ2n) is 1.69. The van der Waals surface area contributed by atoms with E-state index in [1.54, 1.807) is 6.08 Å². The van der Waals surface area contributed by atoms with E-state index in [1.807, 2.05) is 14.0 Å². The van der Waals surface area contributed by atoms with Crippen molar-refractivity contribution in [1.82, 2.24) is 10.8 Å². The zero-order valence-electron chi connectivity index (χ0n) is 5.98. The van der Waals surface area contributed by atoms with Crippen LogP contribution in [0.5, 0.6) is 0 Å². The summed E-state index contributed by atoms with van der Waals surface area (Å²) in [6.07, 6.45) is 1.78. The van der Waals surface area contributed by atoms with Crippen molar-refractivity contribution in [3.63, 3.8) is 0 Å². The molecule has 0 saturated heterocycles. The first-order chi connectivity index (χ1) is 4.31. The highest BCUT2D eigenvalue weighted by Gasteiger charge is 1.92. The van der Waals surface area contributed by atoms with E-state index in [2.05, 4.69) is 17.4 Å². The van der Waals surface area contributed by atoms with Crippen LogP contribution in [0.2, 0.25) is 0 Å². The molecule has 0 aliphatic carbocycles. The standard InChI is InChI=1S/C6H14N2O/c1-4-5-8-9-6(2)7-3/h4,6-8H,1,5H2,2-3H3. The highest BCUT2D eigenvalue weighted by molar-refractivity contribution is 4.66. The van der Waals surface area contributed by atoms with Crippen molar-refractivity contribution in [2.75, 3.05) is 13.6 Å². The molecule has 3 heteroatoms. The van der Waals surface area contributed by atoms with Crippen LogP contribution in [0, 0.1) is 0 Å². The van der Waals surface area contributed by atoms with Gasteiger partial charge in [0.05, 0.1) is 0 Å². The van der Waals surface area contributed by atoms with Crippen LogP contribution in [0.1, 0.15) is 6.92 Å². The summed E-state index contributed by atoms with van der Waals surface area (Å²) in [5, 5.41) is 2.90. The Bertz CT molecular complexity index is 75.5. The second-order valence-corrected chi connectivity index (χ2v) is 1.69. The molecule has 0 heterocycles. The molecule has 3 nitrogen and oxygen atoms in total. The van der Waals surface area contributed by atoms with Crippen molar-refractivity contribution in [3.8, 4) is 0 Å². The molecule has 0 aromatic rings. The molecule has 1 atom stereocenters. The fourth-order valence-corrected chi connectivity index (χ4v) is 0.291. The molecule has 0 bridgehead atoms. The Balaban J connectivity index is 2.96. The molecule has 0 radical (unpaired) electrons. The molecule has 0 aromatic heterocycles. The molecule has 0 amide bonds. The Labute approximate surface area is 56.0 Å². The van der Waals surface area contributed by atoms with Crippen LogP contribution >= 0.6 is 0 Å². The quantitative estimate of drug-likeness (QED) is 0.242. The number of hydrogen-bond acceptors (Lipinski definition) is 3. The molecule has 0 rings (SSSR count). The van der Waals surface area contributed by atoms with Crippen LogP contribution in [0.3, 0.4) is 0 Å². The average Bonchev–Trinajstić information content (AvgIpc) is 1.89. The highest BCUT2D eigenvalue weighted by atomic mass is 16.7. The summed E-state index contributed by atoms with van der Waals surface area (Å²) in [4.78, 5) is 5.00. The van der Waals surface area contributed by atoms with E-state index in [-0.39, 0.29) is 6.23 Å². The van der Waals surface area contributed by atoms with Crippen molar-refractivity contribution < 1.29 is 4.84 Å². The van der Waals surface area contributed by atoms with Gasteiger partial charge in [-0.15, -0.1) is 6.58 Å². The van der Waals surface area contributed by atoms with E-state index >= 15 is 0 Å². The van der Waals surface area contributed by atoms with Gasteiger partial charge in [0.15, 0.2) is 0 Å². The zero-order valence-corrected chi connectivity index (χ0v) is 5.98. The van der Waals surface area contributed by atoms with Gasteiger partial charge in [-0.25, -0.2) is 0 Å². The fourth-order valence-electron chi connectivity index (χ4n) is 0.291. The lowest BCUT2D eigenvalue weighted by Crippen LogP contribution is -2.31. The summed E-state index contributed by atoms with van der Waals surface area (Å²) in [6, 6.07) is 0. The largest absolute Gasteiger partial charge is 0.294 e. The van der Waals surface area contributed by atoms with Crippen molar-refractivity contribution in [2.45, 2.75) is 13.2 Å². The van der Waals surface area contributed by atoms with Crippen LogP contribution < -0.4 is 10.8 Å². The number of rotatable bonds is 5. The van der Waals surface area contributed by atoms with Gasteiger partial charge in [-0.2, -0.15) is 5.48 Å². The minimum absolute atomic E-state index is 0.0462. The molecule has 9 heavy (non-hydrogen) atoms. The summed E-state index contributed by atoms with van der Waals surface area (Å²) < 4.78 is 0. The van der Waals surface area contributed by atoms with Crippen LogP contribution in [0.25, 0.3) is 0 Å². The van der Waals surface area contributed by atoms with Crippen LogP contribution in [0.15, 0.2) is 12.7 Å². The molecule has 2 N–H and O–H groups in total. The van der Waals surface area contributed by atoms with Gasteiger partial charge < -0.3 is 0 Å². The van der Waals surface area contributed by atoms with E-state index in [9.17, 15) is 0 Å². The van der Waals surface area contributed by atoms with E-state index in [1.165, 1.54) is 0 Å². The van der Waals surface area contributed by atoms with Gasteiger partial charge >= 0.3 is 0 Å². The van der Waals surface area contributed by atoms with Gasteiger partial charge in [-0.1, -0.05) is 6.08 Å². The third-order valence-electron chi connectivity index (χ3n) is 0.894. The van der Waals surface area contributed by atoms with Gasteiger partial charge in [0.2, 0.25) is 0 Å². The third-order valence-corrected chi connectivity index (χ3v) is 0.894. The molecular weight excluding hydrogens is 116 g/mol. The van der Waals surface area contributed by atoms with Gasteiger partial charge in [0.1, 0.15) is 6.23 Å².